The molecule has 0 aromatic heterocycles. The Morgan fingerprint density at radius 3 is 1.60 bits per heavy atom. The molecule has 0 saturated carbocycles. The molecule has 0 spiro atoms. The van der Waals surface area contributed by atoms with Crippen molar-refractivity contribution in [1.82, 2.24) is 4.90 Å². The first-order chi connectivity index (χ1) is 14.4. The van der Waals surface area contributed by atoms with E-state index in [2.05, 4.69) is 6.92 Å². The molecule has 0 fully saturated rings. The number of hydrogen-bond acceptors (Lipinski definition) is 5. The Hall–Kier alpha value is -0.850. The van der Waals surface area contributed by atoms with Gasteiger partial charge in [0.25, 0.3) is 0 Å². The third kappa shape index (κ3) is 21.8. The summed E-state index contributed by atoms with van der Waals surface area (Å²) in [6.45, 7) is 11.9. The summed E-state index contributed by atoms with van der Waals surface area (Å²) in [4.78, 5) is 13.3. The minimum atomic E-state index is -0.477. The smallest absolute Gasteiger partial charge is 0.410 e. The van der Waals surface area contributed by atoms with E-state index in [9.17, 15) is 4.79 Å². The minimum Gasteiger partial charge on any atom is -0.444 e. The fourth-order valence-corrected chi connectivity index (χ4v) is 2.87. The van der Waals surface area contributed by atoms with Gasteiger partial charge in [-0.15, -0.1) is 0 Å². The maximum absolute atomic E-state index is 11.8. The lowest BCUT2D eigenvalue weighted by atomic mass is 10.1. The molecule has 0 radical (unpaired) electrons. The number of unbranched alkanes of at least 4 members (excludes halogenated alkanes) is 9. The standard InChI is InChI=1S/C24H49NO5/c1-6-7-8-9-10-11-12-13-14-15-17-27-19-21-29-22-20-28-18-16-25(5)23(26)30-24(2,3)4/h6-22H2,1-5H3. The highest BCUT2D eigenvalue weighted by atomic mass is 16.6. The van der Waals surface area contributed by atoms with E-state index in [-0.39, 0.29) is 6.09 Å². The van der Waals surface area contributed by atoms with Crippen LogP contribution in [0.25, 0.3) is 0 Å². The predicted molar refractivity (Wildman–Crippen MR) is 123 cm³/mol. The topological polar surface area (TPSA) is 57.2 Å². The van der Waals surface area contributed by atoms with E-state index in [1.54, 1.807) is 7.05 Å². The number of ether oxygens (including phenoxy) is 4. The van der Waals surface area contributed by atoms with Crippen LogP contribution in [-0.4, -0.2) is 69.8 Å². The summed E-state index contributed by atoms with van der Waals surface area (Å²) >= 11 is 0. The summed E-state index contributed by atoms with van der Waals surface area (Å²) in [7, 11) is 1.71. The first-order valence-corrected chi connectivity index (χ1v) is 12.0. The van der Waals surface area contributed by atoms with Crippen LogP contribution in [0.15, 0.2) is 0 Å². The van der Waals surface area contributed by atoms with Gasteiger partial charge in [0.15, 0.2) is 0 Å². The zero-order valence-corrected chi connectivity index (χ0v) is 20.5. The Morgan fingerprint density at radius 1 is 0.667 bits per heavy atom. The van der Waals surface area contributed by atoms with Crippen molar-refractivity contribution in [3.8, 4) is 0 Å². The van der Waals surface area contributed by atoms with Crippen LogP contribution in [0.3, 0.4) is 0 Å². The molecule has 0 heterocycles. The molecular formula is C24H49NO5. The molecule has 0 aliphatic heterocycles. The molecule has 0 aromatic carbocycles. The van der Waals surface area contributed by atoms with Gasteiger partial charge in [-0.2, -0.15) is 0 Å². The van der Waals surface area contributed by atoms with Gasteiger partial charge in [0.2, 0.25) is 0 Å². The number of carbonyl (C=O) groups excluding carboxylic acids is 1. The Kier molecular flexibility index (Phi) is 19.5. The average molecular weight is 432 g/mol. The summed E-state index contributed by atoms with van der Waals surface area (Å²) < 4.78 is 21.9. The van der Waals surface area contributed by atoms with Crippen LogP contribution in [0.5, 0.6) is 0 Å². The van der Waals surface area contributed by atoms with Crippen LogP contribution in [0.1, 0.15) is 91.9 Å². The Morgan fingerprint density at radius 2 is 1.10 bits per heavy atom. The molecule has 6 nitrogen and oxygen atoms in total. The number of nitrogens with zero attached hydrogens (tertiary/aromatic N) is 1. The lowest BCUT2D eigenvalue weighted by Crippen LogP contribution is -2.36. The maximum atomic E-state index is 11.8. The van der Waals surface area contributed by atoms with E-state index < -0.39 is 5.60 Å². The number of amides is 1. The quantitative estimate of drug-likeness (QED) is 0.227. The number of likely N-dealkylation sites (N-methyl/N-ethyl adjacent to an activating group) is 1. The van der Waals surface area contributed by atoms with Gasteiger partial charge < -0.3 is 23.8 Å². The van der Waals surface area contributed by atoms with Crippen molar-refractivity contribution in [2.45, 2.75) is 97.5 Å². The SMILES string of the molecule is CCCCCCCCCCCCOCCOCCOCCN(C)C(=O)OC(C)(C)C. The highest BCUT2D eigenvalue weighted by molar-refractivity contribution is 5.67. The summed E-state index contributed by atoms with van der Waals surface area (Å²) in [5, 5.41) is 0. The lowest BCUT2D eigenvalue weighted by Gasteiger charge is -2.24. The van der Waals surface area contributed by atoms with Crippen LogP contribution in [-0.2, 0) is 18.9 Å². The van der Waals surface area contributed by atoms with Gasteiger partial charge in [-0.1, -0.05) is 64.7 Å². The van der Waals surface area contributed by atoms with Crippen molar-refractivity contribution in [3.05, 3.63) is 0 Å². The normalized spacial score (nSPS) is 11.6. The number of hydrogen-bond donors (Lipinski definition) is 0. The number of rotatable bonds is 20. The highest BCUT2D eigenvalue weighted by Crippen LogP contribution is 2.10. The van der Waals surface area contributed by atoms with Crippen molar-refractivity contribution in [3.63, 3.8) is 0 Å². The molecule has 0 aromatic rings. The molecule has 0 aliphatic rings. The fourth-order valence-electron chi connectivity index (χ4n) is 2.87. The summed E-state index contributed by atoms with van der Waals surface area (Å²) in [6.07, 6.45) is 13.1. The van der Waals surface area contributed by atoms with E-state index >= 15 is 0 Å². The van der Waals surface area contributed by atoms with Crippen LogP contribution in [0, 0.1) is 0 Å². The molecule has 0 unspecified atom stereocenters. The van der Waals surface area contributed by atoms with Gasteiger partial charge in [-0.25, -0.2) is 4.79 Å². The first-order valence-electron chi connectivity index (χ1n) is 12.0. The zero-order chi connectivity index (χ0) is 22.5. The second-order valence-electron chi connectivity index (χ2n) is 8.92. The summed E-state index contributed by atoms with van der Waals surface area (Å²) in [5.74, 6) is 0. The van der Waals surface area contributed by atoms with Crippen molar-refractivity contribution < 1.29 is 23.7 Å². The van der Waals surface area contributed by atoms with Crippen molar-refractivity contribution >= 4 is 6.09 Å². The second-order valence-corrected chi connectivity index (χ2v) is 8.92. The van der Waals surface area contributed by atoms with Gasteiger partial charge in [0, 0.05) is 20.2 Å². The van der Waals surface area contributed by atoms with Gasteiger partial charge in [-0.3, -0.25) is 0 Å². The molecule has 0 atom stereocenters. The predicted octanol–water partition coefficient (Wildman–Crippen LogP) is 5.82. The first kappa shape index (κ1) is 29.1. The van der Waals surface area contributed by atoms with E-state index in [0.717, 1.165) is 13.0 Å². The van der Waals surface area contributed by atoms with Crippen LogP contribution >= 0.6 is 0 Å². The number of carbonyl (C=O) groups is 1. The van der Waals surface area contributed by atoms with Crippen molar-refractivity contribution in [2.24, 2.45) is 0 Å². The molecule has 6 heteroatoms. The molecule has 0 saturated heterocycles. The fraction of sp³-hybridized carbons (Fsp3) is 0.958. The molecule has 180 valence electrons. The van der Waals surface area contributed by atoms with Crippen LogP contribution < -0.4 is 0 Å². The van der Waals surface area contributed by atoms with Gasteiger partial charge in [-0.05, 0) is 27.2 Å². The largest absolute Gasteiger partial charge is 0.444 e. The lowest BCUT2D eigenvalue weighted by molar-refractivity contribution is 0.00443. The molecule has 30 heavy (non-hydrogen) atoms. The third-order valence-corrected chi connectivity index (χ3v) is 4.66. The second kappa shape index (κ2) is 20.1. The molecule has 0 N–H and O–H groups in total. The van der Waals surface area contributed by atoms with Crippen LogP contribution in [0.4, 0.5) is 4.79 Å². The average Bonchev–Trinajstić information content (AvgIpc) is 2.68. The molecular weight excluding hydrogens is 382 g/mol. The van der Waals surface area contributed by atoms with Gasteiger partial charge >= 0.3 is 6.09 Å². The highest BCUT2D eigenvalue weighted by Gasteiger charge is 2.19. The summed E-state index contributed by atoms with van der Waals surface area (Å²) in [5.41, 5.74) is -0.477. The van der Waals surface area contributed by atoms with Crippen LogP contribution in [0.2, 0.25) is 0 Å². The zero-order valence-electron chi connectivity index (χ0n) is 20.5. The molecule has 0 rings (SSSR count). The van der Waals surface area contributed by atoms with E-state index in [0.29, 0.717) is 39.6 Å². The van der Waals surface area contributed by atoms with Crippen molar-refractivity contribution in [1.29, 1.82) is 0 Å². The molecule has 1 amide bonds. The van der Waals surface area contributed by atoms with E-state index in [4.69, 9.17) is 18.9 Å². The Labute approximate surface area is 186 Å². The maximum Gasteiger partial charge on any atom is 0.410 e. The minimum absolute atomic E-state index is 0.332. The summed E-state index contributed by atoms with van der Waals surface area (Å²) in [6, 6.07) is 0. The van der Waals surface area contributed by atoms with Crippen molar-refractivity contribution in [2.75, 3.05) is 53.2 Å². The van der Waals surface area contributed by atoms with Gasteiger partial charge in [0.1, 0.15) is 5.60 Å². The van der Waals surface area contributed by atoms with E-state index in [1.807, 2.05) is 20.8 Å². The monoisotopic (exact) mass is 431 g/mol. The van der Waals surface area contributed by atoms with E-state index in [1.165, 1.54) is 62.7 Å². The van der Waals surface area contributed by atoms with Gasteiger partial charge in [0.05, 0.1) is 33.0 Å². The molecule has 0 bridgehead atoms. The molecule has 0 aliphatic carbocycles. The Balaban J connectivity index is 3.22. The third-order valence-electron chi connectivity index (χ3n) is 4.66. The Bertz CT molecular complexity index is 384.